The first kappa shape index (κ1) is 12.8. The lowest BCUT2D eigenvalue weighted by Gasteiger charge is -2.07. The molecule has 0 unspecified atom stereocenters. The zero-order valence-corrected chi connectivity index (χ0v) is 11.0. The standard InChI is InChI=1S/C11H14ClN5O/c1-3-13-7-11-14-15-16-17(11)8-4-5-10(18-2)9(12)6-8/h4-6,13H,3,7H2,1-2H3. The Labute approximate surface area is 110 Å². The monoisotopic (exact) mass is 267 g/mol. The number of hydrogen-bond donors (Lipinski definition) is 1. The van der Waals surface area contributed by atoms with Crippen LogP contribution in [0.2, 0.25) is 5.02 Å². The Kier molecular flexibility index (Phi) is 4.11. The largest absolute Gasteiger partial charge is 0.495 e. The Morgan fingerprint density at radius 2 is 2.28 bits per heavy atom. The fraction of sp³-hybridized carbons (Fsp3) is 0.364. The van der Waals surface area contributed by atoms with Crippen LogP contribution in [0.25, 0.3) is 5.69 Å². The van der Waals surface area contributed by atoms with Crippen LogP contribution >= 0.6 is 11.6 Å². The van der Waals surface area contributed by atoms with Crippen molar-refractivity contribution in [2.24, 2.45) is 0 Å². The lowest BCUT2D eigenvalue weighted by atomic mass is 10.3. The van der Waals surface area contributed by atoms with E-state index in [0.29, 0.717) is 17.3 Å². The van der Waals surface area contributed by atoms with Gasteiger partial charge in [0, 0.05) is 0 Å². The number of halogens is 1. The van der Waals surface area contributed by atoms with Crippen molar-refractivity contribution in [1.82, 2.24) is 25.5 Å². The van der Waals surface area contributed by atoms with Crippen LogP contribution in [0.4, 0.5) is 0 Å². The first-order valence-corrected chi connectivity index (χ1v) is 5.96. The van der Waals surface area contributed by atoms with Crippen LogP contribution in [0.1, 0.15) is 12.7 Å². The highest BCUT2D eigenvalue weighted by Crippen LogP contribution is 2.26. The molecule has 0 radical (unpaired) electrons. The molecule has 1 heterocycles. The molecule has 0 bridgehead atoms. The number of nitrogens with zero attached hydrogens (tertiary/aromatic N) is 4. The molecule has 0 atom stereocenters. The van der Waals surface area contributed by atoms with E-state index in [1.54, 1.807) is 23.9 Å². The highest BCUT2D eigenvalue weighted by atomic mass is 35.5. The van der Waals surface area contributed by atoms with Crippen molar-refractivity contribution in [3.63, 3.8) is 0 Å². The maximum absolute atomic E-state index is 6.08. The van der Waals surface area contributed by atoms with Gasteiger partial charge in [0.05, 0.1) is 24.4 Å². The van der Waals surface area contributed by atoms with Crippen LogP contribution in [0.3, 0.4) is 0 Å². The Balaban J connectivity index is 2.31. The van der Waals surface area contributed by atoms with Crippen molar-refractivity contribution in [3.05, 3.63) is 29.0 Å². The second-order valence-electron chi connectivity index (χ2n) is 3.61. The molecule has 0 fully saturated rings. The third kappa shape index (κ3) is 2.60. The third-order valence-electron chi connectivity index (χ3n) is 2.45. The molecule has 0 saturated heterocycles. The maximum atomic E-state index is 6.08. The van der Waals surface area contributed by atoms with Crippen LogP contribution < -0.4 is 10.1 Å². The van der Waals surface area contributed by atoms with Crippen molar-refractivity contribution in [2.75, 3.05) is 13.7 Å². The summed E-state index contributed by atoms with van der Waals surface area (Å²) in [5.41, 5.74) is 0.804. The minimum Gasteiger partial charge on any atom is -0.495 e. The highest BCUT2D eigenvalue weighted by molar-refractivity contribution is 6.32. The molecule has 2 rings (SSSR count). The van der Waals surface area contributed by atoms with Crippen LogP contribution in [0.5, 0.6) is 5.75 Å². The Morgan fingerprint density at radius 3 is 2.94 bits per heavy atom. The van der Waals surface area contributed by atoms with Crippen molar-refractivity contribution in [2.45, 2.75) is 13.5 Å². The van der Waals surface area contributed by atoms with Gasteiger partial charge in [0.15, 0.2) is 5.82 Å². The maximum Gasteiger partial charge on any atom is 0.170 e. The van der Waals surface area contributed by atoms with Crippen molar-refractivity contribution in [3.8, 4) is 11.4 Å². The van der Waals surface area contributed by atoms with Crippen LogP contribution in [-0.2, 0) is 6.54 Å². The molecule has 1 aromatic carbocycles. The molecule has 6 nitrogen and oxygen atoms in total. The summed E-state index contributed by atoms with van der Waals surface area (Å²) in [6.45, 7) is 3.49. The third-order valence-corrected chi connectivity index (χ3v) is 2.74. The number of ether oxygens (including phenoxy) is 1. The topological polar surface area (TPSA) is 64.9 Å². The van der Waals surface area contributed by atoms with Crippen LogP contribution in [0.15, 0.2) is 18.2 Å². The van der Waals surface area contributed by atoms with Gasteiger partial charge in [-0.25, -0.2) is 0 Å². The zero-order chi connectivity index (χ0) is 13.0. The minimum atomic E-state index is 0.528. The van der Waals surface area contributed by atoms with E-state index in [2.05, 4.69) is 20.8 Å². The van der Waals surface area contributed by atoms with Gasteiger partial charge in [-0.05, 0) is 35.2 Å². The lowest BCUT2D eigenvalue weighted by molar-refractivity contribution is 0.415. The second-order valence-corrected chi connectivity index (χ2v) is 4.01. The van der Waals surface area contributed by atoms with Crippen molar-refractivity contribution >= 4 is 11.6 Å². The van der Waals surface area contributed by atoms with E-state index in [0.717, 1.165) is 18.1 Å². The molecule has 7 heteroatoms. The molecular formula is C11H14ClN5O. The van der Waals surface area contributed by atoms with Crippen LogP contribution in [0, 0.1) is 0 Å². The van der Waals surface area contributed by atoms with E-state index in [9.17, 15) is 0 Å². The number of methoxy groups -OCH3 is 1. The van der Waals surface area contributed by atoms with E-state index in [-0.39, 0.29) is 0 Å². The molecule has 0 aliphatic carbocycles. The Morgan fingerprint density at radius 1 is 1.44 bits per heavy atom. The van der Waals surface area contributed by atoms with Crippen LogP contribution in [-0.4, -0.2) is 33.9 Å². The smallest absolute Gasteiger partial charge is 0.170 e. The summed E-state index contributed by atoms with van der Waals surface area (Å²) in [7, 11) is 1.58. The Bertz CT molecular complexity index is 528. The molecule has 18 heavy (non-hydrogen) atoms. The quantitative estimate of drug-likeness (QED) is 0.888. The van der Waals surface area contributed by atoms with E-state index in [1.165, 1.54) is 0 Å². The van der Waals surface area contributed by atoms with E-state index >= 15 is 0 Å². The number of nitrogens with one attached hydrogen (secondary N) is 1. The van der Waals surface area contributed by atoms with Gasteiger partial charge in [-0.15, -0.1) is 5.10 Å². The minimum absolute atomic E-state index is 0.528. The van der Waals surface area contributed by atoms with Gasteiger partial charge in [0.25, 0.3) is 0 Å². The first-order chi connectivity index (χ1) is 8.76. The fourth-order valence-corrected chi connectivity index (χ4v) is 1.79. The fourth-order valence-electron chi connectivity index (χ4n) is 1.54. The number of tetrazole rings is 1. The van der Waals surface area contributed by atoms with Gasteiger partial charge in [0.2, 0.25) is 0 Å². The van der Waals surface area contributed by atoms with Gasteiger partial charge >= 0.3 is 0 Å². The number of aromatic nitrogens is 4. The van der Waals surface area contributed by atoms with Gasteiger partial charge in [-0.2, -0.15) is 4.68 Å². The molecule has 0 aliphatic heterocycles. The molecule has 2 aromatic rings. The number of rotatable bonds is 5. The molecule has 0 amide bonds. The molecule has 1 aromatic heterocycles. The molecule has 1 N–H and O–H groups in total. The van der Waals surface area contributed by atoms with E-state index in [1.807, 2.05) is 13.0 Å². The SMILES string of the molecule is CCNCc1nnnn1-c1ccc(OC)c(Cl)c1. The zero-order valence-electron chi connectivity index (χ0n) is 10.2. The summed E-state index contributed by atoms with van der Waals surface area (Å²) in [4.78, 5) is 0. The predicted octanol–water partition coefficient (Wildman–Crippen LogP) is 1.43. The van der Waals surface area contributed by atoms with Gasteiger partial charge in [-0.3, -0.25) is 0 Å². The number of benzene rings is 1. The van der Waals surface area contributed by atoms with Gasteiger partial charge < -0.3 is 10.1 Å². The molecular weight excluding hydrogens is 254 g/mol. The Hall–Kier alpha value is -1.66. The predicted molar refractivity (Wildman–Crippen MR) is 68.1 cm³/mol. The summed E-state index contributed by atoms with van der Waals surface area (Å²) < 4.78 is 6.75. The summed E-state index contributed by atoms with van der Waals surface area (Å²) in [6, 6.07) is 5.42. The second kappa shape index (κ2) is 5.79. The normalized spacial score (nSPS) is 10.6. The summed E-state index contributed by atoms with van der Waals surface area (Å²) in [5, 5.41) is 15.3. The van der Waals surface area contributed by atoms with E-state index < -0.39 is 0 Å². The molecule has 96 valence electrons. The molecule has 0 saturated carbocycles. The average Bonchev–Trinajstić information content (AvgIpc) is 2.84. The molecule has 0 aliphatic rings. The van der Waals surface area contributed by atoms with E-state index in [4.69, 9.17) is 16.3 Å². The van der Waals surface area contributed by atoms with Crippen molar-refractivity contribution < 1.29 is 4.74 Å². The first-order valence-electron chi connectivity index (χ1n) is 5.58. The average molecular weight is 268 g/mol. The highest BCUT2D eigenvalue weighted by Gasteiger charge is 2.09. The molecule has 0 spiro atoms. The summed E-state index contributed by atoms with van der Waals surface area (Å²) in [5.74, 6) is 1.36. The summed E-state index contributed by atoms with van der Waals surface area (Å²) >= 11 is 6.08. The van der Waals surface area contributed by atoms with Gasteiger partial charge in [0.1, 0.15) is 5.75 Å². The van der Waals surface area contributed by atoms with Gasteiger partial charge in [-0.1, -0.05) is 18.5 Å². The van der Waals surface area contributed by atoms with Crippen molar-refractivity contribution in [1.29, 1.82) is 0 Å². The summed E-state index contributed by atoms with van der Waals surface area (Å²) in [6.07, 6.45) is 0. The number of hydrogen-bond acceptors (Lipinski definition) is 5. The lowest BCUT2D eigenvalue weighted by Crippen LogP contribution is -2.16.